The van der Waals surface area contributed by atoms with Gasteiger partial charge in [0.15, 0.2) is 0 Å². The summed E-state index contributed by atoms with van der Waals surface area (Å²) >= 11 is 1.56. The highest BCUT2D eigenvalue weighted by atomic mass is 32.2. The van der Waals surface area contributed by atoms with Gasteiger partial charge in [0.1, 0.15) is 5.82 Å². The SMILES string of the molecule is CC(CSc1ccc(F)cc1)C(=O)NCCc1ccc(N)cc1. The molecule has 5 heteroatoms. The van der Waals surface area contributed by atoms with E-state index in [1.165, 1.54) is 12.1 Å². The number of hydrogen-bond donors (Lipinski definition) is 2. The molecule has 0 aromatic heterocycles. The third-order valence-electron chi connectivity index (χ3n) is 3.45. The first-order chi connectivity index (χ1) is 11.0. The van der Waals surface area contributed by atoms with Crippen LogP contribution in [0, 0.1) is 11.7 Å². The highest BCUT2D eigenvalue weighted by Gasteiger charge is 2.12. The summed E-state index contributed by atoms with van der Waals surface area (Å²) in [5, 5.41) is 2.95. The van der Waals surface area contributed by atoms with E-state index < -0.39 is 0 Å². The maximum atomic E-state index is 12.8. The Morgan fingerprint density at radius 2 is 1.83 bits per heavy atom. The van der Waals surface area contributed by atoms with Crippen molar-refractivity contribution < 1.29 is 9.18 Å². The summed E-state index contributed by atoms with van der Waals surface area (Å²) in [5.74, 6) is 0.355. The number of rotatable bonds is 7. The second kappa shape index (κ2) is 8.58. The van der Waals surface area contributed by atoms with Gasteiger partial charge in [-0.3, -0.25) is 4.79 Å². The molecule has 2 aromatic carbocycles. The molecule has 0 aliphatic rings. The summed E-state index contributed by atoms with van der Waals surface area (Å²) < 4.78 is 12.8. The molecule has 2 aromatic rings. The van der Waals surface area contributed by atoms with Crippen LogP contribution in [0.4, 0.5) is 10.1 Å². The van der Waals surface area contributed by atoms with Gasteiger partial charge in [0.25, 0.3) is 0 Å². The summed E-state index contributed by atoms with van der Waals surface area (Å²) in [6.07, 6.45) is 0.782. The van der Waals surface area contributed by atoms with Crippen molar-refractivity contribution in [1.29, 1.82) is 0 Å². The number of nitrogens with one attached hydrogen (secondary N) is 1. The Labute approximate surface area is 140 Å². The maximum Gasteiger partial charge on any atom is 0.223 e. The van der Waals surface area contributed by atoms with Crippen LogP contribution in [-0.2, 0) is 11.2 Å². The number of amides is 1. The number of nitrogens with two attached hydrogens (primary N) is 1. The smallest absolute Gasteiger partial charge is 0.223 e. The third-order valence-corrected chi connectivity index (χ3v) is 4.73. The van der Waals surface area contributed by atoms with Crippen LogP contribution < -0.4 is 11.1 Å². The van der Waals surface area contributed by atoms with Crippen LogP contribution >= 0.6 is 11.8 Å². The fourth-order valence-corrected chi connectivity index (χ4v) is 2.94. The van der Waals surface area contributed by atoms with E-state index in [0.717, 1.165) is 22.6 Å². The lowest BCUT2D eigenvalue weighted by Crippen LogP contribution is -2.31. The molecule has 122 valence electrons. The summed E-state index contributed by atoms with van der Waals surface area (Å²) in [6, 6.07) is 14.0. The number of hydrogen-bond acceptors (Lipinski definition) is 3. The summed E-state index contributed by atoms with van der Waals surface area (Å²) in [5.41, 5.74) is 7.53. The van der Waals surface area contributed by atoms with Gasteiger partial charge in [-0.05, 0) is 48.4 Å². The predicted octanol–water partition coefficient (Wildman–Crippen LogP) is 3.50. The van der Waals surface area contributed by atoms with Gasteiger partial charge in [0.2, 0.25) is 5.91 Å². The second-order valence-electron chi connectivity index (χ2n) is 5.45. The molecular weight excluding hydrogens is 311 g/mol. The standard InChI is InChI=1S/C18H21FN2OS/c1-13(12-23-17-8-4-15(19)5-9-17)18(22)21-11-10-14-2-6-16(20)7-3-14/h2-9,13H,10-12,20H2,1H3,(H,21,22). The molecule has 1 amide bonds. The zero-order valence-electron chi connectivity index (χ0n) is 13.1. The molecule has 1 unspecified atom stereocenters. The molecule has 3 N–H and O–H groups in total. The number of benzene rings is 2. The Morgan fingerprint density at radius 3 is 2.48 bits per heavy atom. The van der Waals surface area contributed by atoms with E-state index in [1.54, 1.807) is 23.9 Å². The summed E-state index contributed by atoms with van der Waals surface area (Å²) in [4.78, 5) is 13.0. The fraction of sp³-hybridized carbons (Fsp3) is 0.278. The molecule has 0 radical (unpaired) electrons. The topological polar surface area (TPSA) is 55.1 Å². The second-order valence-corrected chi connectivity index (χ2v) is 6.54. The minimum Gasteiger partial charge on any atom is -0.399 e. The largest absolute Gasteiger partial charge is 0.399 e. The van der Waals surface area contributed by atoms with Crippen molar-refractivity contribution in [2.45, 2.75) is 18.2 Å². The average molecular weight is 332 g/mol. The summed E-state index contributed by atoms with van der Waals surface area (Å²) in [7, 11) is 0. The lowest BCUT2D eigenvalue weighted by Gasteiger charge is -2.12. The van der Waals surface area contributed by atoms with Crippen molar-refractivity contribution in [3.63, 3.8) is 0 Å². The number of anilines is 1. The Bertz CT molecular complexity index is 628. The monoisotopic (exact) mass is 332 g/mol. The van der Waals surface area contributed by atoms with Crippen LogP contribution in [0.5, 0.6) is 0 Å². The molecule has 23 heavy (non-hydrogen) atoms. The summed E-state index contributed by atoms with van der Waals surface area (Å²) in [6.45, 7) is 2.50. The van der Waals surface area contributed by atoms with Crippen LogP contribution in [0.3, 0.4) is 0 Å². The van der Waals surface area contributed by atoms with E-state index in [9.17, 15) is 9.18 Å². The lowest BCUT2D eigenvalue weighted by atomic mass is 10.1. The zero-order valence-corrected chi connectivity index (χ0v) is 13.9. The molecule has 0 saturated carbocycles. The third kappa shape index (κ3) is 5.94. The Kier molecular flexibility index (Phi) is 6.47. The average Bonchev–Trinajstić information content (AvgIpc) is 2.55. The number of thioether (sulfide) groups is 1. The molecule has 0 fully saturated rings. The number of carbonyl (C=O) groups is 1. The quantitative estimate of drug-likeness (QED) is 0.603. The van der Waals surface area contributed by atoms with Crippen LogP contribution in [0.1, 0.15) is 12.5 Å². The molecule has 3 nitrogen and oxygen atoms in total. The first-order valence-electron chi connectivity index (χ1n) is 7.55. The Morgan fingerprint density at radius 1 is 1.17 bits per heavy atom. The van der Waals surface area contributed by atoms with Crippen molar-refractivity contribution in [3.05, 3.63) is 59.9 Å². The predicted molar refractivity (Wildman–Crippen MR) is 93.9 cm³/mol. The molecule has 0 bridgehead atoms. The van der Waals surface area contributed by atoms with Crippen molar-refractivity contribution in [1.82, 2.24) is 5.32 Å². The van der Waals surface area contributed by atoms with E-state index >= 15 is 0 Å². The minimum absolute atomic E-state index is 0.0371. The molecule has 0 spiro atoms. The maximum absolute atomic E-state index is 12.8. The van der Waals surface area contributed by atoms with Crippen molar-refractivity contribution in [3.8, 4) is 0 Å². The first kappa shape index (κ1) is 17.3. The molecule has 1 atom stereocenters. The minimum atomic E-state index is -0.247. The Balaban J connectivity index is 1.70. The zero-order chi connectivity index (χ0) is 16.7. The van der Waals surface area contributed by atoms with Gasteiger partial charge in [-0.15, -0.1) is 11.8 Å². The normalized spacial score (nSPS) is 11.9. The van der Waals surface area contributed by atoms with Gasteiger partial charge < -0.3 is 11.1 Å². The molecule has 0 aliphatic heterocycles. The van der Waals surface area contributed by atoms with Gasteiger partial charge in [-0.2, -0.15) is 0 Å². The molecule has 2 rings (SSSR count). The molecular formula is C18H21FN2OS. The first-order valence-corrected chi connectivity index (χ1v) is 8.53. The van der Waals surface area contributed by atoms with Gasteiger partial charge in [0.05, 0.1) is 0 Å². The van der Waals surface area contributed by atoms with E-state index in [1.807, 2.05) is 31.2 Å². The Hall–Kier alpha value is -2.01. The lowest BCUT2D eigenvalue weighted by molar-refractivity contribution is -0.123. The number of nitrogen functional groups attached to an aromatic ring is 1. The number of carbonyl (C=O) groups excluding carboxylic acids is 1. The molecule has 0 saturated heterocycles. The molecule has 0 aliphatic carbocycles. The van der Waals surface area contributed by atoms with Crippen LogP contribution in [0.15, 0.2) is 53.4 Å². The van der Waals surface area contributed by atoms with Crippen LogP contribution in [-0.4, -0.2) is 18.2 Å². The van der Waals surface area contributed by atoms with Gasteiger partial charge >= 0.3 is 0 Å². The fourth-order valence-electron chi connectivity index (χ4n) is 2.02. The van der Waals surface area contributed by atoms with Gasteiger partial charge in [0, 0.05) is 28.8 Å². The van der Waals surface area contributed by atoms with E-state index in [-0.39, 0.29) is 17.6 Å². The van der Waals surface area contributed by atoms with Gasteiger partial charge in [-0.1, -0.05) is 19.1 Å². The van der Waals surface area contributed by atoms with E-state index in [0.29, 0.717) is 12.3 Å². The molecule has 0 heterocycles. The number of halogens is 1. The van der Waals surface area contributed by atoms with Crippen LogP contribution in [0.2, 0.25) is 0 Å². The van der Waals surface area contributed by atoms with Crippen molar-refractivity contribution >= 4 is 23.4 Å². The van der Waals surface area contributed by atoms with Crippen molar-refractivity contribution in [2.24, 2.45) is 5.92 Å². The highest BCUT2D eigenvalue weighted by Crippen LogP contribution is 2.21. The highest BCUT2D eigenvalue weighted by molar-refractivity contribution is 7.99. The van der Waals surface area contributed by atoms with Gasteiger partial charge in [-0.25, -0.2) is 4.39 Å². The van der Waals surface area contributed by atoms with E-state index in [4.69, 9.17) is 5.73 Å². The van der Waals surface area contributed by atoms with Crippen molar-refractivity contribution in [2.75, 3.05) is 18.0 Å². The van der Waals surface area contributed by atoms with Crippen LogP contribution in [0.25, 0.3) is 0 Å². The van der Waals surface area contributed by atoms with E-state index in [2.05, 4.69) is 5.32 Å².